The molecule has 1 aromatic rings. The van der Waals surface area contributed by atoms with Gasteiger partial charge in [-0.25, -0.2) is 13.2 Å². The summed E-state index contributed by atoms with van der Waals surface area (Å²) in [7, 11) is 0. The van der Waals surface area contributed by atoms with Gasteiger partial charge in [-0.1, -0.05) is 25.0 Å². The van der Waals surface area contributed by atoms with Crippen LogP contribution in [0, 0.1) is 17.6 Å². The zero-order chi connectivity index (χ0) is 15.1. The molecule has 0 heterocycles. The summed E-state index contributed by atoms with van der Waals surface area (Å²) in [6.45, 7) is 0. The third kappa shape index (κ3) is 4.90. The second kappa shape index (κ2) is 8.26. The molecule has 116 valence electrons. The molecule has 1 aromatic carbocycles. The summed E-state index contributed by atoms with van der Waals surface area (Å²) in [5.41, 5.74) is 0.931. The summed E-state index contributed by atoms with van der Waals surface area (Å²) in [6.07, 6.45) is 10.8. The molecule has 0 amide bonds. The molecule has 0 unspecified atom stereocenters. The molecule has 3 heteroatoms. The quantitative estimate of drug-likeness (QED) is 0.542. The summed E-state index contributed by atoms with van der Waals surface area (Å²) in [5.74, 6) is -0.406. The fourth-order valence-corrected chi connectivity index (χ4v) is 3.31. The highest BCUT2D eigenvalue weighted by atomic mass is 19.2. The Bertz CT molecular complexity index is 460. The normalized spacial score (nSPS) is 22.8. The van der Waals surface area contributed by atoms with Crippen molar-refractivity contribution in [1.82, 2.24) is 0 Å². The lowest BCUT2D eigenvalue weighted by Gasteiger charge is -2.29. The Morgan fingerprint density at radius 3 is 2.43 bits per heavy atom. The van der Waals surface area contributed by atoms with Crippen molar-refractivity contribution in [2.45, 2.75) is 57.3 Å². The van der Waals surface area contributed by atoms with Crippen LogP contribution in [0.5, 0.6) is 0 Å². The number of allylic oxidation sites excluding steroid dienone is 1. The number of hydrogen-bond donors (Lipinski definition) is 0. The smallest absolute Gasteiger partial charge is 0.159 e. The van der Waals surface area contributed by atoms with Gasteiger partial charge in [0.15, 0.2) is 11.6 Å². The van der Waals surface area contributed by atoms with Crippen LogP contribution in [0.4, 0.5) is 13.2 Å². The fourth-order valence-electron chi connectivity index (χ4n) is 3.31. The van der Waals surface area contributed by atoms with Crippen LogP contribution in [0.1, 0.15) is 62.8 Å². The molecule has 1 fully saturated rings. The minimum absolute atomic E-state index is 0.367. The van der Waals surface area contributed by atoms with E-state index in [0.717, 1.165) is 56.4 Å². The van der Waals surface area contributed by atoms with E-state index in [0.29, 0.717) is 12.2 Å². The Labute approximate surface area is 125 Å². The number of halogens is 3. The molecule has 0 aliphatic heterocycles. The largest absolute Gasteiger partial charge is 0.216 e. The van der Waals surface area contributed by atoms with Crippen LogP contribution in [-0.4, -0.2) is 0 Å². The molecule has 1 saturated carbocycles. The van der Waals surface area contributed by atoms with Crippen molar-refractivity contribution in [1.29, 1.82) is 0 Å². The zero-order valence-corrected chi connectivity index (χ0v) is 12.3. The number of rotatable bonds is 6. The molecule has 0 nitrogen and oxygen atoms in total. The molecule has 1 aliphatic carbocycles. The molecular formula is C18H23F3. The monoisotopic (exact) mass is 296 g/mol. The number of unbranched alkanes of at least 4 members (excludes halogenated alkanes) is 2. The van der Waals surface area contributed by atoms with E-state index < -0.39 is 11.6 Å². The van der Waals surface area contributed by atoms with Crippen molar-refractivity contribution < 1.29 is 13.2 Å². The first-order chi connectivity index (χ1) is 10.2. The van der Waals surface area contributed by atoms with Crippen molar-refractivity contribution >= 4 is 0 Å². The van der Waals surface area contributed by atoms with Gasteiger partial charge in [0.25, 0.3) is 0 Å². The highest BCUT2D eigenvalue weighted by molar-refractivity contribution is 5.22. The van der Waals surface area contributed by atoms with Gasteiger partial charge in [0.1, 0.15) is 0 Å². The molecular weight excluding hydrogens is 273 g/mol. The van der Waals surface area contributed by atoms with E-state index in [-0.39, 0.29) is 0 Å². The van der Waals surface area contributed by atoms with Gasteiger partial charge in [0.05, 0.1) is 6.33 Å². The zero-order valence-electron chi connectivity index (χ0n) is 12.3. The Hall–Kier alpha value is -1.25. The van der Waals surface area contributed by atoms with Crippen LogP contribution in [0.2, 0.25) is 0 Å². The second-order valence-electron chi connectivity index (χ2n) is 6.04. The van der Waals surface area contributed by atoms with Crippen molar-refractivity contribution in [2.24, 2.45) is 5.92 Å². The highest BCUT2D eigenvalue weighted by Crippen LogP contribution is 2.38. The summed E-state index contributed by atoms with van der Waals surface area (Å²) >= 11 is 0. The standard InChI is InChI=1S/C18H23F3/c19-12-4-2-1-3-5-14-6-8-15(9-7-14)16-10-11-17(20)18(21)13-16/h4,10-15H,1-3,5-9H2/b12-4+. The van der Waals surface area contributed by atoms with Crippen LogP contribution in [0.25, 0.3) is 0 Å². The molecule has 0 bridgehead atoms. The van der Waals surface area contributed by atoms with Gasteiger partial charge in [0, 0.05) is 0 Å². The van der Waals surface area contributed by atoms with Crippen LogP contribution < -0.4 is 0 Å². The first-order valence-electron chi connectivity index (χ1n) is 7.91. The van der Waals surface area contributed by atoms with Crippen molar-refractivity contribution in [3.63, 3.8) is 0 Å². The fraction of sp³-hybridized carbons (Fsp3) is 0.556. The third-order valence-electron chi connectivity index (χ3n) is 4.58. The minimum atomic E-state index is -0.769. The maximum atomic E-state index is 13.3. The molecule has 1 aliphatic rings. The lowest BCUT2D eigenvalue weighted by molar-refractivity contribution is 0.302. The average molecular weight is 296 g/mol. The number of benzene rings is 1. The molecule has 0 spiro atoms. The maximum Gasteiger partial charge on any atom is 0.159 e. The Morgan fingerprint density at radius 2 is 1.76 bits per heavy atom. The predicted molar refractivity (Wildman–Crippen MR) is 79.8 cm³/mol. The van der Waals surface area contributed by atoms with Gasteiger partial charge in [-0.05, 0) is 68.1 Å². The minimum Gasteiger partial charge on any atom is -0.216 e. The van der Waals surface area contributed by atoms with E-state index in [1.54, 1.807) is 12.1 Å². The molecule has 2 rings (SSSR count). The van der Waals surface area contributed by atoms with E-state index in [1.807, 2.05) is 0 Å². The summed E-state index contributed by atoms with van der Waals surface area (Å²) in [4.78, 5) is 0. The van der Waals surface area contributed by atoms with Gasteiger partial charge >= 0.3 is 0 Å². The third-order valence-corrected chi connectivity index (χ3v) is 4.58. The summed E-state index contributed by atoms with van der Waals surface area (Å²) in [6, 6.07) is 4.30. The lowest BCUT2D eigenvalue weighted by Crippen LogP contribution is -2.13. The Morgan fingerprint density at radius 1 is 1.00 bits per heavy atom. The van der Waals surface area contributed by atoms with E-state index in [2.05, 4.69) is 0 Å². The average Bonchev–Trinajstić information content (AvgIpc) is 2.50. The molecule has 0 radical (unpaired) electrons. The lowest BCUT2D eigenvalue weighted by atomic mass is 9.77. The van der Waals surface area contributed by atoms with Crippen molar-refractivity contribution in [2.75, 3.05) is 0 Å². The van der Waals surface area contributed by atoms with E-state index >= 15 is 0 Å². The van der Waals surface area contributed by atoms with Gasteiger partial charge in [-0.3, -0.25) is 0 Å². The first-order valence-corrected chi connectivity index (χ1v) is 7.91. The van der Waals surface area contributed by atoms with Gasteiger partial charge in [-0.2, -0.15) is 0 Å². The topological polar surface area (TPSA) is 0 Å². The van der Waals surface area contributed by atoms with Gasteiger partial charge < -0.3 is 0 Å². The van der Waals surface area contributed by atoms with E-state index in [9.17, 15) is 13.2 Å². The van der Waals surface area contributed by atoms with Crippen LogP contribution in [0.3, 0.4) is 0 Å². The van der Waals surface area contributed by atoms with Crippen LogP contribution in [0.15, 0.2) is 30.6 Å². The van der Waals surface area contributed by atoms with Crippen LogP contribution >= 0.6 is 0 Å². The van der Waals surface area contributed by atoms with Gasteiger partial charge in [-0.15, -0.1) is 0 Å². The predicted octanol–water partition coefficient (Wildman–Crippen LogP) is 6.28. The van der Waals surface area contributed by atoms with Gasteiger partial charge in [0.2, 0.25) is 0 Å². The summed E-state index contributed by atoms with van der Waals surface area (Å²) < 4.78 is 38.0. The number of hydrogen-bond acceptors (Lipinski definition) is 0. The Balaban J connectivity index is 1.73. The molecule has 21 heavy (non-hydrogen) atoms. The first kappa shape index (κ1) is 16.1. The van der Waals surface area contributed by atoms with Crippen LogP contribution in [-0.2, 0) is 0 Å². The van der Waals surface area contributed by atoms with Crippen molar-refractivity contribution in [3.8, 4) is 0 Å². The highest BCUT2D eigenvalue weighted by Gasteiger charge is 2.22. The molecule has 0 atom stereocenters. The summed E-state index contributed by atoms with van der Waals surface area (Å²) in [5, 5.41) is 0. The van der Waals surface area contributed by atoms with Crippen molar-refractivity contribution in [3.05, 3.63) is 47.8 Å². The van der Waals surface area contributed by atoms with E-state index in [1.165, 1.54) is 18.6 Å². The molecule has 0 N–H and O–H groups in total. The SMILES string of the molecule is F/C=C/CCCCC1CCC(c2ccc(F)c(F)c2)CC1. The molecule has 0 saturated heterocycles. The second-order valence-corrected chi connectivity index (χ2v) is 6.04. The maximum absolute atomic E-state index is 13.3. The van der Waals surface area contributed by atoms with E-state index in [4.69, 9.17) is 0 Å². The molecule has 0 aromatic heterocycles. The Kier molecular flexibility index (Phi) is 6.34.